The Balaban J connectivity index is 2.37. The summed E-state index contributed by atoms with van der Waals surface area (Å²) in [5.41, 5.74) is 11.2. The van der Waals surface area contributed by atoms with Crippen molar-refractivity contribution in [2.75, 3.05) is 24.4 Å². The number of rotatable bonds is 6. The minimum Gasteiger partial charge on any atom is -0.369 e. The zero-order chi connectivity index (χ0) is 16.8. The molecule has 0 radical (unpaired) electrons. The second kappa shape index (κ2) is 8.21. The third-order valence-corrected chi connectivity index (χ3v) is 4.47. The Kier molecular flexibility index (Phi) is 6.92. The lowest BCUT2D eigenvalue weighted by atomic mass is 10.1. The van der Waals surface area contributed by atoms with Gasteiger partial charge < -0.3 is 16.4 Å². The van der Waals surface area contributed by atoms with Crippen LogP contribution >= 0.6 is 11.8 Å². The van der Waals surface area contributed by atoms with Crippen LogP contribution in [0, 0.1) is 11.3 Å². The molecule has 0 saturated carbocycles. The van der Waals surface area contributed by atoms with Crippen molar-refractivity contribution in [2.24, 2.45) is 16.5 Å². The third-order valence-electron chi connectivity index (χ3n) is 2.88. The smallest absolute Gasteiger partial charge is 0.241 e. The van der Waals surface area contributed by atoms with Crippen molar-refractivity contribution >= 4 is 33.7 Å². The Bertz CT molecular complexity index is 571. The second-order valence-corrected chi connectivity index (χ2v) is 7.59. The first-order valence-corrected chi connectivity index (χ1v) is 9.60. The molecule has 9 nitrogen and oxygen atoms in total. The number of amides is 1. The summed E-state index contributed by atoms with van der Waals surface area (Å²) >= 11 is 1.52. The molecule has 1 aliphatic heterocycles. The van der Waals surface area contributed by atoms with Gasteiger partial charge in [0.25, 0.3) is 0 Å². The van der Waals surface area contributed by atoms with Gasteiger partial charge in [-0.2, -0.15) is 5.26 Å². The maximum absolute atomic E-state index is 12.1. The molecule has 1 saturated heterocycles. The lowest BCUT2D eigenvalue weighted by molar-refractivity contribution is -0.132. The number of nitrogens with zero attached hydrogens (tertiary/aromatic N) is 3. The monoisotopic (exact) mass is 348 g/mol. The molecule has 22 heavy (non-hydrogen) atoms. The predicted molar refractivity (Wildman–Crippen MR) is 85.3 cm³/mol. The van der Waals surface area contributed by atoms with Crippen LogP contribution in [0.25, 0.3) is 0 Å². The molecule has 1 fully saturated rings. The van der Waals surface area contributed by atoms with Gasteiger partial charge in [-0.05, 0) is 12.8 Å². The molecule has 11 heteroatoms. The average molecular weight is 348 g/mol. The zero-order valence-corrected chi connectivity index (χ0v) is 13.9. The second-order valence-electron chi connectivity index (χ2n) is 4.84. The SMILES string of the molecule is CS(=O)(=O)NC(N)=NCCC[C@H](N)C(=O)N1CSC[C@H]1C#N. The van der Waals surface area contributed by atoms with Gasteiger partial charge in [0.05, 0.1) is 24.2 Å². The Morgan fingerprint density at radius 1 is 1.64 bits per heavy atom. The summed E-state index contributed by atoms with van der Waals surface area (Å²) < 4.78 is 23.9. The molecule has 1 amide bonds. The molecule has 124 valence electrons. The van der Waals surface area contributed by atoms with E-state index in [1.807, 2.05) is 4.72 Å². The number of hydrogen-bond donors (Lipinski definition) is 3. The summed E-state index contributed by atoms with van der Waals surface area (Å²) in [5.74, 6) is 0.645. The van der Waals surface area contributed by atoms with Gasteiger partial charge in [0.2, 0.25) is 21.9 Å². The quantitative estimate of drug-likeness (QED) is 0.296. The van der Waals surface area contributed by atoms with Crippen molar-refractivity contribution in [3.63, 3.8) is 0 Å². The Morgan fingerprint density at radius 3 is 2.91 bits per heavy atom. The maximum atomic E-state index is 12.1. The van der Waals surface area contributed by atoms with E-state index < -0.39 is 22.1 Å². The van der Waals surface area contributed by atoms with Crippen molar-refractivity contribution in [3.8, 4) is 6.07 Å². The summed E-state index contributed by atoms with van der Waals surface area (Å²) in [4.78, 5) is 17.4. The van der Waals surface area contributed by atoms with Crippen LogP contribution in [0.5, 0.6) is 0 Å². The summed E-state index contributed by atoms with van der Waals surface area (Å²) in [6, 6.07) is 0.959. The van der Waals surface area contributed by atoms with E-state index in [-0.39, 0.29) is 18.4 Å². The van der Waals surface area contributed by atoms with Gasteiger partial charge in [-0.25, -0.2) is 8.42 Å². The molecule has 5 N–H and O–H groups in total. The molecule has 1 heterocycles. The molecule has 0 aromatic heterocycles. The molecule has 0 bridgehead atoms. The summed E-state index contributed by atoms with van der Waals surface area (Å²) in [7, 11) is -3.43. The number of carbonyl (C=O) groups is 1. The first-order chi connectivity index (χ1) is 10.2. The van der Waals surface area contributed by atoms with Crippen molar-refractivity contribution < 1.29 is 13.2 Å². The standard InChI is InChI=1S/C11H20N6O3S2/c1-22(19,20)16-11(14)15-4-2-3-9(13)10(18)17-7-21-6-8(17)5-12/h8-9H,2-4,6-7,13H2,1H3,(H3,14,15,16)/t8-,9+/m1/s1. The highest BCUT2D eigenvalue weighted by Gasteiger charge is 2.31. The number of thioether (sulfide) groups is 1. The summed E-state index contributed by atoms with van der Waals surface area (Å²) in [5, 5.41) is 8.95. The minimum absolute atomic E-state index is 0.192. The zero-order valence-electron chi connectivity index (χ0n) is 12.2. The molecule has 1 aliphatic rings. The fourth-order valence-electron chi connectivity index (χ4n) is 1.84. The highest BCUT2D eigenvalue weighted by Crippen LogP contribution is 2.21. The van der Waals surface area contributed by atoms with Crippen LogP contribution in [0.15, 0.2) is 4.99 Å². The molecular weight excluding hydrogens is 328 g/mol. The van der Waals surface area contributed by atoms with Gasteiger partial charge in [-0.3, -0.25) is 14.5 Å². The lowest BCUT2D eigenvalue weighted by Gasteiger charge is -2.22. The molecule has 0 aromatic carbocycles. The van der Waals surface area contributed by atoms with Gasteiger partial charge in [0, 0.05) is 12.3 Å². The number of guanidine groups is 1. The van der Waals surface area contributed by atoms with Crippen LogP contribution in [0.3, 0.4) is 0 Å². The minimum atomic E-state index is -3.43. The van der Waals surface area contributed by atoms with E-state index in [0.29, 0.717) is 24.5 Å². The number of hydrogen-bond acceptors (Lipinski definition) is 7. The lowest BCUT2D eigenvalue weighted by Crippen LogP contribution is -2.46. The number of nitrogens with two attached hydrogens (primary N) is 2. The largest absolute Gasteiger partial charge is 0.369 e. The molecule has 2 atom stereocenters. The first-order valence-electron chi connectivity index (χ1n) is 6.55. The molecular formula is C11H20N6O3S2. The van der Waals surface area contributed by atoms with Gasteiger partial charge >= 0.3 is 0 Å². The van der Waals surface area contributed by atoms with E-state index in [2.05, 4.69) is 11.1 Å². The summed E-state index contributed by atoms with van der Waals surface area (Å²) in [6.07, 6.45) is 1.84. The molecule has 0 aromatic rings. The van der Waals surface area contributed by atoms with Crippen LogP contribution < -0.4 is 16.2 Å². The normalized spacial score (nSPS) is 20.5. The predicted octanol–water partition coefficient (Wildman–Crippen LogP) is -1.62. The van der Waals surface area contributed by atoms with Crippen LogP contribution in [-0.2, 0) is 14.8 Å². The first kappa shape index (κ1) is 18.5. The van der Waals surface area contributed by atoms with Crippen molar-refractivity contribution in [1.82, 2.24) is 9.62 Å². The van der Waals surface area contributed by atoms with E-state index >= 15 is 0 Å². The van der Waals surface area contributed by atoms with E-state index in [0.717, 1.165) is 6.26 Å². The van der Waals surface area contributed by atoms with Gasteiger partial charge in [0.1, 0.15) is 6.04 Å². The number of carbonyl (C=O) groups excluding carboxylic acids is 1. The molecule has 0 unspecified atom stereocenters. The number of nitrogens with one attached hydrogen (secondary N) is 1. The Hall–Kier alpha value is -1.51. The van der Waals surface area contributed by atoms with E-state index in [9.17, 15) is 13.2 Å². The fraction of sp³-hybridized carbons (Fsp3) is 0.727. The molecule has 0 aliphatic carbocycles. The Morgan fingerprint density at radius 2 is 2.32 bits per heavy atom. The van der Waals surface area contributed by atoms with Crippen LogP contribution in [0.1, 0.15) is 12.8 Å². The van der Waals surface area contributed by atoms with Gasteiger partial charge in [0.15, 0.2) is 0 Å². The number of aliphatic imine (C=N–C) groups is 1. The molecule has 0 spiro atoms. The highest BCUT2D eigenvalue weighted by molar-refractivity contribution is 7.99. The number of sulfonamides is 1. The van der Waals surface area contributed by atoms with Crippen LogP contribution in [0.4, 0.5) is 0 Å². The Labute approximate surface area is 134 Å². The van der Waals surface area contributed by atoms with Crippen molar-refractivity contribution in [3.05, 3.63) is 0 Å². The molecule has 1 rings (SSSR count). The summed E-state index contributed by atoms with van der Waals surface area (Å²) in [6.45, 7) is 0.256. The van der Waals surface area contributed by atoms with Crippen molar-refractivity contribution in [2.45, 2.75) is 24.9 Å². The van der Waals surface area contributed by atoms with Gasteiger partial charge in [-0.15, -0.1) is 11.8 Å². The van der Waals surface area contributed by atoms with E-state index in [4.69, 9.17) is 16.7 Å². The highest BCUT2D eigenvalue weighted by atomic mass is 32.2. The van der Waals surface area contributed by atoms with Crippen LogP contribution in [-0.4, -0.2) is 61.7 Å². The number of nitriles is 1. The fourth-order valence-corrected chi connectivity index (χ4v) is 3.37. The van der Waals surface area contributed by atoms with Crippen LogP contribution in [0.2, 0.25) is 0 Å². The van der Waals surface area contributed by atoms with E-state index in [1.165, 1.54) is 16.7 Å². The maximum Gasteiger partial charge on any atom is 0.241 e. The average Bonchev–Trinajstić information content (AvgIpc) is 2.88. The van der Waals surface area contributed by atoms with E-state index in [1.54, 1.807) is 0 Å². The van der Waals surface area contributed by atoms with Gasteiger partial charge in [-0.1, -0.05) is 0 Å². The topological polar surface area (TPSA) is 155 Å². The third kappa shape index (κ3) is 6.08. The van der Waals surface area contributed by atoms with Crippen molar-refractivity contribution in [1.29, 1.82) is 5.26 Å².